The molecule has 0 fully saturated rings. The average Bonchev–Trinajstić information content (AvgIpc) is 2.47. The zero-order chi connectivity index (χ0) is 16.3. The van der Waals surface area contributed by atoms with Crippen LogP contribution in [0.2, 0.25) is 5.02 Å². The number of halogens is 2. The first-order chi connectivity index (χ1) is 10.3. The van der Waals surface area contributed by atoms with E-state index in [4.69, 9.17) is 16.3 Å². The Morgan fingerprint density at radius 1 is 1.18 bits per heavy atom. The Morgan fingerprint density at radius 3 is 2.36 bits per heavy atom. The number of hydrogen-bond acceptors (Lipinski definition) is 3. The van der Waals surface area contributed by atoms with Crippen LogP contribution in [0.1, 0.15) is 18.5 Å². The summed E-state index contributed by atoms with van der Waals surface area (Å²) < 4.78 is 33.2. The van der Waals surface area contributed by atoms with Crippen LogP contribution in [0.3, 0.4) is 0 Å². The van der Waals surface area contributed by atoms with E-state index in [0.29, 0.717) is 15.2 Å². The summed E-state index contributed by atoms with van der Waals surface area (Å²) in [5, 5.41) is 0.609. The van der Waals surface area contributed by atoms with Crippen molar-refractivity contribution in [2.24, 2.45) is 0 Å². The summed E-state index contributed by atoms with van der Waals surface area (Å²) in [5.74, 6) is 0.574. The van der Waals surface area contributed by atoms with Crippen molar-refractivity contribution in [2.75, 3.05) is 7.11 Å². The highest BCUT2D eigenvalue weighted by Gasteiger charge is 2.19. The predicted octanol–water partition coefficient (Wildman–Crippen LogP) is 4.15. The van der Waals surface area contributed by atoms with Gasteiger partial charge < -0.3 is 4.74 Å². The number of nitrogens with one attached hydrogen (secondary N) is 1. The standard InChI is InChI=1S/C15H15BrClNO3S/c1-10(11-3-5-12(17)6-4-11)18-22(19,20)13-7-8-15(21-2)14(16)9-13/h3-10,18H,1-2H3. The second-order valence-corrected chi connectivity index (χ2v) is 7.70. The third kappa shape index (κ3) is 4.01. The molecule has 2 aromatic carbocycles. The van der Waals surface area contributed by atoms with Crippen LogP contribution in [0.25, 0.3) is 0 Å². The first kappa shape index (κ1) is 17.3. The fourth-order valence-electron chi connectivity index (χ4n) is 1.93. The van der Waals surface area contributed by atoms with Crippen molar-refractivity contribution < 1.29 is 13.2 Å². The van der Waals surface area contributed by atoms with Gasteiger partial charge in [0.15, 0.2) is 0 Å². The van der Waals surface area contributed by atoms with Crippen molar-refractivity contribution >= 4 is 37.6 Å². The molecule has 0 aliphatic carbocycles. The first-order valence-corrected chi connectivity index (χ1v) is 9.10. The molecule has 0 amide bonds. The van der Waals surface area contributed by atoms with Crippen LogP contribution in [0.5, 0.6) is 5.75 Å². The Morgan fingerprint density at radius 2 is 1.82 bits per heavy atom. The molecular formula is C15H15BrClNO3S. The number of rotatable bonds is 5. The Labute approximate surface area is 143 Å². The summed E-state index contributed by atoms with van der Waals surface area (Å²) in [6.45, 7) is 1.78. The van der Waals surface area contributed by atoms with Gasteiger partial charge >= 0.3 is 0 Å². The van der Waals surface area contributed by atoms with Crippen molar-refractivity contribution in [3.05, 3.63) is 57.5 Å². The van der Waals surface area contributed by atoms with Gasteiger partial charge in [-0.15, -0.1) is 0 Å². The number of sulfonamides is 1. The second-order valence-electron chi connectivity index (χ2n) is 4.69. The molecule has 118 valence electrons. The molecule has 0 aliphatic heterocycles. The topological polar surface area (TPSA) is 55.4 Å². The molecule has 4 nitrogen and oxygen atoms in total. The van der Waals surface area contributed by atoms with Crippen LogP contribution >= 0.6 is 27.5 Å². The number of ether oxygens (including phenoxy) is 1. The van der Waals surface area contributed by atoms with Crippen LogP contribution in [-0.2, 0) is 10.0 Å². The normalized spacial score (nSPS) is 12.9. The van der Waals surface area contributed by atoms with E-state index in [9.17, 15) is 8.42 Å². The fraction of sp³-hybridized carbons (Fsp3) is 0.200. The van der Waals surface area contributed by atoms with Crippen molar-refractivity contribution in [2.45, 2.75) is 17.9 Å². The molecular weight excluding hydrogens is 390 g/mol. The Hall–Kier alpha value is -1.08. The zero-order valence-corrected chi connectivity index (χ0v) is 15.2. The van der Waals surface area contributed by atoms with Crippen molar-refractivity contribution in [3.8, 4) is 5.75 Å². The summed E-state index contributed by atoms with van der Waals surface area (Å²) in [7, 11) is -2.11. The van der Waals surface area contributed by atoms with Gasteiger partial charge in [-0.25, -0.2) is 13.1 Å². The van der Waals surface area contributed by atoms with Gasteiger partial charge in [0.2, 0.25) is 10.0 Å². The maximum Gasteiger partial charge on any atom is 0.241 e. The summed E-state index contributed by atoms with van der Waals surface area (Å²) in [6, 6.07) is 11.3. The quantitative estimate of drug-likeness (QED) is 0.814. The van der Waals surface area contributed by atoms with E-state index in [1.807, 2.05) is 0 Å². The molecule has 0 radical (unpaired) electrons. The molecule has 1 atom stereocenters. The Balaban J connectivity index is 2.23. The smallest absolute Gasteiger partial charge is 0.241 e. The van der Waals surface area contributed by atoms with Gasteiger partial charge in [-0.05, 0) is 58.7 Å². The lowest BCUT2D eigenvalue weighted by Crippen LogP contribution is -2.26. The van der Waals surface area contributed by atoms with E-state index in [-0.39, 0.29) is 10.9 Å². The third-order valence-corrected chi connectivity index (χ3v) is 5.55. The van der Waals surface area contributed by atoms with E-state index >= 15 is 0 Å². The van der Waals surface area contributed by atoms with E-state index in [0.717, 1.165) is 5.56 Å². The molecule has 2 rings (SSSR count). The predicted molar refractivity (Wildman–Crippen MR) is 90.9 cm³/mol. The largest absolute Gasteiger partial charge is 0.496 e. The first-order valence-electron chi connectivity index (χ1n) is 6.45. The highest BCUT2D eigenvalue weighted by molar-refractivity contribution is 9.10. The number of benzene rings is 2. The van der Waals surface area contributed by atoms with Crippen LogP contribution in [0.4, 0.5) is 0 Å². The van der Waals surface area contributed by atoms with Gasteiger partial charge in [0, 0.05) is 11.1 Å². The monoisotopic (exact) mass is 403 g/mol. The Bertz CT molecular complexity index is 763. The molecule has 0 heterocycles. The fourth-order valence-corrected chi connectivity index (χ4v) is 4.01. The molecule has 1 unspecified atom stereocenters. The van der Waals surface area contributed by atoms with Crippen LogP contribution in [0.15, 0.2) is 51.8 Å². The van der Waals surface area contributed by atoms with Crippen molar-refractivity contribution in [1.29, 1.82) is 0 Å². The van der Waals surface area contributed by atoms with Crippen LogP contribution in [0, 0.1) is 0 Å². The van der Waals surface area contributed by atoms with E-state index in [2.05, 4.69) is 20.7 Å². The molecule has 2 aromatic rings. The summed E-state index contributed by atoms with van der Waals surface area (Å²) >= 11 is 9.12. The minimum absolute atomic E-state index is 0.168. The maximum atomic E-state index is 12.4. The SMILES string of the molecule is COc1ccc(S(=O)(=O)NC(C)c2ccc(Cl)cc2)cc1Br. The highest BCUT2D eigenvalue weighted by Crippen LogP contribution is 2.28. The van der Waals surface area contributed by atoms with Crippen molar-refractivity contribution in [1.82, 2.24) is 4.72 Å². The summed E-state index contributed by atoms with van der Waals surface area (Å²) in [4.78, 5) is 0.168. The minimum atomic E-state index is -3.63. The lowest BCUT2D eigenvalue weighted by atomic mass is 10.1. The second kappa shape index (κ2) is 7.00. The lowest BCUT2D eigenvalue weighted by Gasteiger charge is -2.15. The molecule has 0 saturated heterocycles. The van der Waals surface area contributed by atoms with Crippen molar-refractivity contribution in [3.63, 3.8) is 0 Å². The number of hydrogen-bond donors (Lipinski definition) is 1. The molecule has 1 N–H and O–H groups in total. The van der Waals surface area contributed by atoms with Gasteiger partial charge in [-0.3, -0.25) is 0 Å². The molecule has 0 aromatic heterocycles. The Kier molecular flexibility index (Phi) is 5.50. The molecule has 22 heavy (non-hydrogen) atoms. The van der Waals surface area contributed by atoms with E-state index in [1.54, 1.807) is 37.3 Å². The zero-order valence-electron chi connectivity index (χ0n) is 12.0. The average molecular weight is 405 g/mol. The van der Waals surface area contributed by atoms with Crippen LogP contribution in [-0.4, -0.2) is 15.5 Å². The highest BCUT2D eigenvalue weighted by atomic mass is 79.9. The summed E-state index contributed by atoms with van der Waals surface area (Å²) in [5.41, 5.74) is 0.834. The maximum absolute atomic E-state index is 12.4. The van der Waals surface area contributed by atoms with Gasteiger partial charge in [-0.1, -0.05) is 23.7 Å². The molecule has 0 aliphatic rings. The van der Waals surface area contributed by atoms with Gasteiger partial charge in [0.25, 0.3) is 0 Å². The molecule has 0 bridgehead atoms. The third-order valence-electron chi connectivity index (χ3n) is 3.14. The van der Waals surface area contributed by atoms with E-state index < -0.39 is 10.0 Å². The van der Waals surface area contributed by atoms with Gasteiger partial charge in [-0.2, -0.15) is 0 Å². The molecule has 0 saturated carbocycles. The van der Waals surface area contributed by atoms with Gasteiger partial charge in [0.1, 0.15) is 5.75 Å². The van der Waals surface area contributed by atoms with Crippen LogP contribution < -0.4 is 9.46 Å². The van der Waals surface area contributed by atoms with Gasteiger partial charge in [0.05, 0.1) is 16.5 Å². The minimum Gasteiger partial charge on any atom is -0.496 e. The summed E-state index contributed by atoms with van der Waals surface area (Å²) in [6.07, 6.45) is 0. The molecule has 0 spiro atoms. The number of methoxy groups -OCH3 is 1. The van der Waals surface area contributed by atoms with E-state index in [1.165, 1.54) is 19.2 Å². The molecule has 7 heteroatoms. The lowest BCUT2D eigenvalue weighted by molar-refractivity contribution is 0.411.